The molecule has 5 heteroatoms. The van der Waals surface area contributed by atoms with E-state index in [9.17, 15) is 9.18 Å². The predicted molar refractivity (Wildman–Crippen MR) is 102 cm³/mol. The molecule has 3 aromatic rings. The van der Waals surface area contributed by atoms with Gasteiger partial charge in [0, 0.05) is 28.2 Å². The van der Waals surface area contributed by atoms with Crippen molar-refractivity contribution in [3.63, 3.8) is 0 Å². The number of thiophene rings is 1. The van der Waals surface area contributed by atoms with Gasteiger partial charge in [-0.3, -0.25) is 4.79 Å². The van der Waals surface area contributed by atoms with Crippen LogP contribution in [0.25, 0.3) is 11.1 Å². The van der Waals surface area contributed by atoms with E-state index in [0.29, 0.717) is 13.0 Å². The first-order chi connectivity index (χ1) is 12.7. The Kier molecular flexibility index (Phi) is 4.47. The van der Waals surface area contributed by atoms with Gasteiger partial charge in [0.15, 0.2) is 0 Å². The van der Waals surface area contributed by atoms with E-state index < -0.39 is 0 Å². The highest BCUT2D eigenvalue weighted by atomic mass is 32.1. The lowest BCUT2D eigenvalue weighted by Crippen LogP contribution is -2.22. The number of anilines is 1. The summed E-state index contributed by atoms with van der Waals surface area (Å²) in [5.74, 6) is 0.469. The largest absolute Gasteiger partial charge is 0.494 e. The van der Waals surface area contributed by atoms with Crippen LogP contribution in [0.5, 0.6) is 5.75 Å². The van der Waals surface area contributed by atoms with Crippen LogP contribution in [0.3, 0.4) is 0 Å². The average Bonchev–Trinajstić information content (AvgIpc) is 3.05. The Morgan fingerprint density at radius 2 is 2.08 bits per heavy atom. The molecule has 1 aromatic heterocycles. The van der Waals surface area contributed by atoms with Crippen molar-refractivity contribution in [2.24, 2.45) is 0 Å². The summed E-state index contributed by atoms with van der Waals surface area (Å²) >= 11 is 1.60. The van der Waals surface area contributed by atoms with Gasteiger partial charge in [0.05, 0.1) is 12.3 Å². The third-order valence-electron chi connectivity index (χ3n) is 4.50. The predicted octanol–water partition coefficient (Wildman–Crippen LogP) is 5.43. The molecule has 0 spiro atoms. The number of fused-ring (bicyclic) bond motifs is 1. The summed E-state index contributed by atoms with van der Waals surface area (Å²) in [5, 5.41) is 4.97. The summed E-state index contributed by atoms with van der Waals surface area (Å²) in [6.45, 7) is 2.55. The highest BCUT2D eigenvalue weighted by Crippen LogP contribution is 2.46. The van der Waals surface area contributed by atoms with Crippen LogP contribution in [0, 0.1) is 5.82 Å². The zero-order valence-electron chi connectivity index (χ0n) is 14.3. The molecule has 3 nitrogen and oxygen atoms in total. The van der Waals surface area contributed by atoms with Crippen molar-refractivity contribution in [2.75, 3.05) is 11.9 Å². The number of nitrogens with one attached hydrogen (secondary N) is 1. The molecule has 1 atom stereocenters. The van der Waals surface area contributed by atoms with Crippen molar-refractivity contribution < 1.29 is 13.9 Å². The van der Waals surface area contributed by atoms with E-state index >= 15 is 0 Å². The molecule has 1 N–H and O–H groups in total. The summed E-state index contributed by atoms with van der Waals surface area (Å²) in [6, 6.07) is 14.3. The zero-order chi connectivity index (χ0) is 18.1. The average molecular weight is 367 g/mol. The minimum Gasteiger partial charge on any atom is -0.494 e. The fraction of sp³-hybridized carbons (Fsp3) is 0.190. The lowest BCUT2D eigenvalue weighted by Gasteiger charge is -2.24. The number of carbonyl (C=O) groups is 1. The quantitative estimate of drug-likeness (QED) is 0.668. The second-order valence-corrected chi connectivity index (χ2v) is 7.12. The van der Waals surface area contributed by atoms with E-state index in [4.69, 9.17) is 4.74 Å². The maximum absolute atomic E-state index is 13.6. The number of hydrogen-bond donors (Lipinski definition) is 1. The van der Waals surface area contributed by atoms with Gasteiger partial charge in [-0.25, -0.2) is 4.39 Å². The number of benzene rings is 2. The van der Waals surface area contributed by atoms with Crippen LogP contribution in [-0.4, -0.2) is 12.5 Å². The van der Waals surface area contributed by atoms with Crippen LogP contribution in [0.15, 0.2) is 53.9 Å². The first-order valence-corrected chi connectivity index (χ1v) is 9.43. The Balaban J connectivity index is 1.78. The Labute approximate surface area is 155 Å². The molecule has 2 heterocycles. The number of ether oxygens (including phenoxy) is 1. The molecule has 0 aliphatic carbocycles. The third kappa shape index (κ3) is 3.10. The summed E-state index contributed by atoms with van der Waals surface area (Å²) in [4.78, 5) is 13.5. The van der Waals surface area contributed by atoms with Crippen molar-refractivity contribution in [1.82, 2.24) is 0 Å². The fourth-order valence-electron chi connectivity index (χ4n) is 3.35. The SMILES string of the molecule is CCOc1cccc(C2CC(=O)Nc3c(-c4cccc(F)c4)csc32)c1. The Hall–Kier alpha value is -2.66. The maximum atomic E-state index is 13.6. The number of carbonyl (C=O) groups excluding carboxylic acids is 1. The zero-order valence-corrected chi connectivity index (χ0v) is 15.1. The minimum absolute atomic E-state index is 0.0218. The Morgan fingerprint density at radius 3 is 2.88 bits per heavy atom. The molecular formula is C21H18FNO2S. The van der Waals surface area contributed by atoms with Crippen LogP contribution in [-0.2, 0) is 4.79 Å². The molecular weight excluding hydrogens is 349 g/mol. The summed E-state index contributed by atoms with van der Waals surface area (Å²) < 4.78 is 19.2. The standard InChI is InChI=1S/C21H18FNO2S/c1-2-25-16-8-4-6-14(10-16)17-11-19(24)23-20-18(12-26-21(17)20)13-5-3-7-15(22)9-13/h3-10,12,17H,2,11H2,1H3,(H,23,24). The van der Waals surface area contributed by atoms with E-state index in [2.05, 4.69) is 5.32 Å². The molecule has 0 bridgehead atoms. The van der Waals surface area contributed by atoms with Gasteiger partial charge in [0.1, 0.15) is 11.6 Å². The van der Waals surface area contributed by atoms with E-state index in [-0.39, 0.29) is 17.6 Å². The summed E-state index contributed by atoms with van der Waals surface area (Å²) in [6.07, 6.45) is 0.395. The molecule has 1 unspecified atom stereocenters. The number of rotatable bonds is 4. The van der Waals surface area contributed by atoms with Gasteiger partial charge in [-0.1, -0.05) is 24.3 Å². The molecule has 132 valence electrons. The van der Waals surface area contributed by atoms with Gasteiger partial charge in [-0.15, -0.1) is 11.3 Å². The van der Waals surface area contributed by atoms with Crippen LogP contribution in [0.4, 0.5) is 10.1 Å². The van der Waals surface area contributed by atoms with Crippen LogP contribution in [0.2, 0.25) is 0 Å². The van der Waals surface area contributed by atoms with E-state index in [1.54, 1.807) is 17.4 Å². The first kappa shape index (κ1) is 16.8. The number of amides is 1. The number of hydrogen-bond acceptors (Lipinski definition) is 3. The van der Waals surface area contributed by atoms with Gasteiger partial charge in [-0.2, -0.15) is 0 Å². The Morgan fingerprint density at radius 1 is 1.23 bits per heavy atom. The normalized spacial score (nSPS) is 16.1. The summed E-state index contributed by atoms with van der Waals surface area (Å²) in [7, 11) is 0. The van der Waals surface area contributed by atoms with E-state index in [1.807, 2.05) is 42.6 Å². The van der Waals surface area contributed by atoms with Crippen molar-refractivity contribution in [3.05, 3.63) is 70.2 Å². The van der Waals surface area contributed by atoms with Gasteiger partial charge < -0.3 is 10.1 Å². The molecule has 1 amide bonds. The van der Waals surface area contributed by atoms with Crippen molar-refractivity contribution in [2.45, 2.75) is 19.3 Å². The minimum atomic E-state index is -0.287. The second-order valence-electron chi connectivity index (χ2n) is 6.21. The van der Waals surface area contributed by atoms with Crippen molar-refractivity contribution >= 4 is 22.9 Å². The molecule has 0 saturated heterocycles. The molecule has 0 fully saturated rings. The molecule has 0 saturated carbocycles. The van der Waals surface area contributed by atoms with Gasteiger partial charge >= 0.3 is 0 Å². The van der Waals surface area contributed by atoms with Crippen molar-refractivity contribution in [1.29, 1.82) is 0 Å². The molecule has 4 rings (SSSR count). The van der Waals surface area contributed by atoms with Crippen LogP contribution < -0.4 is 10.1 Å². The molecule has 2 aromatic carbocycles. The first-order valence-electron chi connectivity index (χ1n) is 8.55. The monoisotopic (exact) mass is 367 g/mol. The number of halogens is 1. The second kappa shape index (κ2) is 6.92. The summed E-state index contributed by atoms with van der Waals surface area (Å²) in [5.41, 5.74) is 3.48. The fourth-order valence-corrected chi connectivity index (χ4v) is 4.51. The maximum Gasteiger partial charge on any atom is 0.225 e. The molecule has 1 aliphatic heterocycles. The molecule has 26 heavy (non-hydrogen) atoms. The van der Waals surface area contributed by atoms with Gasteiger partial charge in [0.2, 0.25) is 5.91 Å². The highest BCUT2D eigenvalue weighted by molar-refractivity contribution is 7.11. The lowest BCUT2D eigenvalue weighted by atomic mass is 9.89. The smallest absolute Gasteiger partial charge is 0.225 e. The lowest BCUT2D eigenvalue weighted by molar-refractivity contribution is -0.116. The third-order valence-corrected chi connectivity index (χ3v) is 5.59. The molecule has 1 aliphatic rings. The molecule has 0 radical (unpaired) electrons. The topological polar surface area (TPSA) is 38.3 Å². The highest BCUT2D eigenvalue weighted by Gasteiger charge is 2.30. The van der Waals surface area contributed by atoms with Crippen LogP contribution in [0.1, 0.15) is 29.7 Å². The van der Waals surface area contributed by atoms with Gasteiger partial charge in [-0.05, 0) is 42.3 Å². The Bertz CT molecular complexity index is 966. The van der Waals surface area contributed by atoms with Gasteiger partial charge in [0.25, 0.3) is 0 Å². The van der Waals surface area contributed by atoms with Crippen LogP contribution >= 0.6 is 11.3 Å². The van der Waals surface area contributed by atoms with E-state index in [0.717, 1.165) is 33.0 Å². The van der Waals surface area contributed by atoms with E-state index in [1.165, 1.54) is 12.1 Å². The van der Waals surface area contributed by atoms with Crippen molar-refractivity contribution in [3.8, 4) is 16.9 Å².